The zero-order chi connectivity index (χ0) is 13.7. The quantitative estimate of drug-likeness (QED) is 0.855. The summed E-state index contributed by atoms with van der Waals surface area (Å²) >= 11 is 0. The number of fused-ring (bicyclic) bond motifs is 1. The molecule has 0 saturated carbocycles. The van der Waals surface area contributed by atoms with Gasteiger partial charge in [0.25, 0.3) is 0 Å². The maximum absolute atomic E-state index is 12.3. The molecule has 1 heterocycles. The topological polar surface area (TPSA) is 46.3 Å². The maximum Gasteiger partial charge on any atom is 0.227 e. The highest BCUT2D eigenvalue weighted by Gasteiger charge is 2.24. The number of nitrogens with zero attached hydrogens (tertiary/aromatic N) is 1. The minimum atomic E-state index is 0.264. The van der Waals surface area contributed by atoms with E-state index >= 15 is 0 Å². The summed E-state index contributed by atoms with van der Waals surface area (Å²) in [6, 6.07) is 8.22. The molecule has 0 bridgehead atoms. The van der Waals surface area contributed by atoms with E-state index in [1.165, 1.54) is 5.56 Å². The zero-order valence-corrected chi connectivity index (χ0v) is 11.8. The van der Waals surface area contributed by atoms with Crippen molar-refractivity contribution in [2.75, 3.05) is 18.0 Å². The van der Waals surface area contributed by atoms with Gasteiger partial charge in [-0.15, -0.1) is 0 Å². The van der Waals surface area contributed by atoms with Gasteiger partial charge in [-0.1, -0.05) is 31.5 Å². The van der Waals surface area contributed by atoms with Crippen LogP contribution in [-0.4, -0.2) is 19.0 Å². The molecule has 0 aromatic heterocycles. The van der Waals surface area contributed by atoms with Crippen LogP contribution in [-0.2, 0) is 11.2 Å². The van der Waals surface area contributed by atoms with Crippen molar-refractivity contribution in [3.8, 4) is 0 Å². The number of rotatable bonds is 6. The highest BCUT2D eigenvalue weighted by Crippen LogP contribution is 2.28. The fraction of sp³-hybridized carbons (Fsp3) is 0.562. The van der Waals surface area contributed by atoms with Crippen molar-refractivity contribution >= 4 is 11.6 Å². The number of amides is 1. The van der Waals surface area contributed by atoms with Crippen molar-refractivity contribution in [1.82, 2.24) is 0 Å². The largest absolute Gasteiger partial charge is 0.330 e. The van der Waals surface area contributed by atoms with Crippen LogP contribution in [0.3, 0.4) is 0 Å². The molecule has 0 spiro atoms. The molecule has 3 heteroatoms. The van der Waals surface area contributed by atoms with Crippen LogP contribution >= 0.6 is 0 Å². The van der Waals surface area contributed by atoms with Gasteiger partial charge in [-0.05, 0) is 43.4 Å². The average molecular weight is 260 g/mol. The van der Waals surface area contributed by atoms with Crippen molar-refractivity contribution in [2.24, 2.45) is 11.7 Å². The van der Waals surface area contributed by atoms with Gasteiger partial charge < -0.3 is 10.6 Å². The Morgan fingerprint density at radius 2 is 2.16 bits per heavy atom. The lowest BCUT2D eigenvalue weighted by Gasteiger charge is -2.19. The molecular weight excluding hydrogens is 236 g/mol. The van der Waals surface area contributed by atoms with Crippen molar-refractivity contribution < 1.29 is 4.79 Å². The molecule has 1 aliphatic heterocycles. The first-order chi connectivity index (χ1) is 9.26. The standard InChI is InChI=1S/C16H24N2O/c1-2-13(9-11-17)7-8-16(19)18-12-10-14-5-3-4-6-15(14)18/h3-6,13H,2,7-12,17H2,1H3. The summed E-state index contributed by atoms with van der Waals surface area (Å²) in [4.78, 5) is 14.3. The summed E-state index contributed by atoms with van der Waals surface area (Å²) < 4.78 is 0. The summed E-state index contributed by atoms with van der Waals surface area (Å²) in [6.45, 7) is 3.74. The molecule has 1 atom stereocenters. The predicted octanol–water partition coefficient (Wildman–Crippen LogP) is 2.73. The molecule has 1 aromatic carbocycles. The van der Waals surface area contributed by atoms with Gasteiger partial charge in [-0.3, -0.25) is 4.79 Å². The van der Waals surface area contributed by atoms with Gasteiger partial charge in [-0.25, -0.2) is 0 Å². The van der Waals surface area contributed by atoms with E-state index in [0.29, 0.717) is 12.3 Å². The van der Waals surface area contributed by atoms with Crippen LogP contribution in [0.4, 0.5) is 5.69 Å². The lowest BCUT2D eigenvalue weighted by Crippen LogP contribution is -2.29. The summed E-state index contributed by atoms with van der Waals surface area (Å²) in [7, 11) is 0. The van der Waals surface area contributed by atoms with Gasteiger partial charge in [0.05, 0.1) is 0 Å². The first-order valence-corrected chi connectivity index (χ1v) is 7.34. The molecule has 1 aromatic rings. The Hall–Kier alpha value is -1.35. The number of carbonyl (C=O) groups excluding carboxylic acids is 1. The molecule has 0 aliphatic carbocycles. The molecule has 0 saturated heterocycles. The van der Waals surface area contributed by atoms with Crippen LogP contribution in [0.15, 0.2) is 24.3 Å². The van der Waals surface area contributed by atoms with Crippen LogP contribution in [0.1, 0.15) is 38.2 Å². The maximum atomic E-state index is 12.3. The Balaban J connectivity index is 1.91. The van der Waals surface area contributed by atoms with E-state index < -0.39 is 0 Å². The Labute approximate surface area is 115 Å². The smallest absolute Gasteiger partial charge is 0.227 e. The molecule has 1 amide bonds. The van der Waals surface area contributed by atoms with E-state index in [1.54, 1.807) is 0 Å². The van der Waals surface area contributed by atoms with E-state index in [9.17, 15) is 4.79 Å². The molecule has 1 unspecified atom stereocenters. The molecule has 0 radical (unpaired) electrons. The molecule has 3 nitrogen and oxygen atoms in total. The zero-order valence-electron chi connectivity index (χ0n) is 11.8. The summed E-state index contributed by atoms with van der Waals surface area (Å²) in [6.07, 6.45) is 4.74. The van der Waals surface area contributed by atoms with Crippen molar-refractivity contribution in [3.63, 3.8) is 0 Å². The van der Waals surface area contributed by atoms with E-state index in [4.69, 9.17) is 5.73 Å². The van der Waals surface area contributed by atoms with Gasteiger partial charge in [0.1, 0.15) is 0 Å². The number of anilines is 1. The second kappa shape index (κ2) is 6.71. The molecule has 19 heavy (non-hydrogen) atoms. The fourth-order valence-electron chi connectivity index (χ4n) is 2.85. The van der Waals surface area contributed by atoms with Crippen LogP contribution in [0, 0.1) is 5.92 Å². The van der Waals surface area contributed by atoms with Crippen LogP contribution in [0.2, 0.25) is 0 Å². The highest BCUT2D eigenvalue weighted by molar-refractivity contribution is 5.95. The normalized spacial score (nSPS) is 15.4. The summed E-state index contributed by atoms with van der Waals surface area (Å²) in [5.74, 6) is 0.854. The van der Waals surface area contributed by atoms with Crippen molar-refractivity contribution in [2.45, 2.75) is 39.0 Å². The third-order valence-electron chi connectivity index (χ3n) is 4.11. The van der Waals surface area contributed by atoms with E-state index in [-0.39, 0.29) is 5.91 Å². The summed E-state index contributed by atoms with van der Waals surface area (Å²) in [5, 5.41) is 0. The minimum Gasteiger partial charge on any atom is -0.330 e. The SMILES string of the molecule is CCC(CCN)CCC(=O)N1CCc2ccccc21. The van der Waals surface area contributed by atoms with Gasteiger partial charge >= 0.3 is 0 Å². The number of nitrogens with two attached hydrogens (primary N) is 1. The fourth-order valence-corrected chi connectivity index (χ4v) is 2.85. The number of carbonyl (C=O) groups is 1. The Morgan fingerprint density at radius 3 is 2.89 bits per heavy atom. The van der Waals surface area contributed by atoms with E-state index in [1.807, 2.05) is 17.0 Å². The van der Waals surface area contributed by atoms with Gasteiger partial charge in [-0.2, -0.15) is 0 Å². The van der Waals surface area contributed by atoms with Gasteiger partial charge in [0.2, 0.25) is 5.91 Å². The Morgan fingerprint density at radius 1 is 1.37 bits per heavy atom. The van der Waals surface area contributed by atoms with Gasteiger partial charge in [0, 0.05) is 18.7 Å². The van der Waals surface area contributed by atoms with Crippen LogP contribution < -0.4 is 10.6 Å². The Kier molecular flexibility index (Phi) is 4.97. The molecule has 0 fully saturated rings. The van der Waals surface area contributed by atoms with Crippen LogP contribution in [0.5, 0.6) is 0 Å². The third-order valence-corrected chi connectivity index (χ3v) is 4.11. The van der Waals surface area contributed by atoms with Gasteiger partial charge in [0.15, 0.2) is 0 Å². The monoisotopic (exact) mass is 260 g/mol. The Bertz CT molecular complexity index is 431. The first kappa shape index (κ1) is 14.1. The number of para-hydroxylation sites is 1. The van der Waals surface area contributed by atoms with Crippen molar-refractivity contribution in [1.29, 1.82) is 0 Å². The number of benzene rings is 1. The molecule has 104 valence electrons. The molecule has 2 N–H and O–H groups in total. The lowest BCUT2D eigenvalue weighted by molar-refractivity contribution is -0.118. The van der Waals surface area contributed by atoms with Crippen molar-refractivity contribution in [3.05, 3.63) is 29.8 Å². The highest BCUT2D eigenvalue weighted by atomic mass is 16.2. The van der Waals surface area contributed by atoms with E-state index in [0.717, 1.165) is 44.5 Å². The molecule has 2 rings (SSSR count). The van der Waals surface area contributed by atoms with Crippen LogP contribution in [0.25, 0.3) is 0 Å². The number of hydrogen-bond donors (Lipinski definition) is 1. The second-order valence-corrected chi connectivity index (χ2v) is 5.31. The third kappa shape index (κ3) is 3.35. The average Bonchev–Trinajstić information content (AvgIpc) is 2.87. The lowest BCUT2D eigenvalue weighted by atomic mass is 9.96. The summed E-state index contributed by atoms with van der Waals surface area (Å²) in [5.41, 5.74) is 8.01. The minimum absolute atomic E-state index is 0.264. The van der Waals surface area contributed by atoms with E-state index in [2.05, 4.69) is 19.1 Å². The first-order valence-electron chi connectivity index (χ1n) is 7.34. The second-order valence-electron chi connectivity index (χ2n) is 5.31. The predicted molar refractivity (Wildman–Crippen MR) is 79.2 cm³/mol. The molecular formula is C16H24N2O. The number of hydrogen-bond acceptors (Lipinski definition) is 2. The molecule has 1 aliphatic rings.